The van der Waals surface area contributed by atoms with Crippen molar-refractivity contribution in [2.24, 2.45) is 5.92 Å². The maximum Gasteiger partial charge on any atom is 0.0465 e. The molecule has 0 radical (unpaired) electrons. The maximum absolute atomic E-state index is 8.53. The molecule has 1 saturated heterocycles. The van der Waals surface area contributed by atoms with Gasteiger partial charge in [0.25, 0.3) is 0 Å². The van der Waals surface area contributed by atoms with Crippen LogP contribution >= 0.6 is 0 Å². The normalized spacial score (nSPS) is 26.9. The van der Waals surface area contributed by atoms with E-state index in [1.165, 1.54) is 19.5 Å². The van der Waals surface area contributed by atoms with Gasteiger partial charge in [-0.15, -0.1) is 0 Å². The van der Waals surface area contributed by atoms with E-state index in [1.807, 2.05) is 0 Å². The van der Waals surface area contributed by atoms with Crippen molar-refractivity contribution in [1.82, 2.24) is 4.90 Å². The lowest BCUT2D eigenvalue weighted by atomic mass is 10.1. The summed E-state index contributed by atoms with van der Waals surface area (Å²) in [5, 5.41) is 8.53. The van der Waals surface area contributed by atoms with Crippen LogP contribution in [-0.2, 0) is 0 Å². The third kappa shape index (κ3) is 3.04. The van der Waals surface area contributed by atoms with Gasteiger partial charge in [-0.3, -0.25) is 0 Å². The van der Waals surface area contributed by atoms with Gasteiger partial charge in [-0.25, -0.2) is 0 Å². The molecular formula is C9H17NO. The van der Waals surface area contributed by atoms with E-state index in [9.17, 15) is 0 Å². The Morgan fingerprint density at radius 1 is 1.64 bits per heavy atom. The molecule has 0 aromatic heterocycles. The number of nitrogens with zero attached hydrogens (tertiary/aromatic N) is 1. The molecule has 0 aromatic rings. The molecule has 0 aliphatic carbocycles. The Labute approximate surface area is 68.5 Å². The fourth-order valence-corrected chi connectivity index (χ4v) is 1.49. The van der Waals surface area contributed by atoms with Crippen molar-refractivity contribution < 1.29 is 5.11 Å². The Hall–Kier alpha value is -0.340. The number of likely N-dealkylation sites (tertiary alicyclic amines) is 1. The van der Waals surface area contributed by atoms with Gasteiger partial charge in [0.1, 0.15) is 0 Å². The predicted molar refractivity (Wildman–Crippen MR) is 46.4 cm³/mol. The largest absolute Gasteiger partial charge is 0.396 e. The minimum Gasteiger partial charge on any atom is -0.396 e. The van der Waals surface area contributed by atoms with Crippen molar-refractivity contribution in [2.45, 2.75) is 12.8 Å². The predicted octanol–water partition coefficient (Wildman–Crippen LogP) is 0.877. The lowest BCUT2D eigenvalue weighted by molar-refractivity contribution is 0.302. The van der Waals surface area contributed by atoms with Crippen LogP contribution in [0, 0.1) is 5.92 Å². The molecule has 1 N–H and O–H groups in total. The Morgan fingerprint density at radius 2 is 2.45 bits per heavy atom. The van der Waals surface area contributed by atoms with Gasteiger partial charge < -0.3 is 10.0 Å². The molecule has 1 fully saturated rings. The fraction of sp³-hybridized carbons (Fsp3) is 0.778. The van der Waals surface area contributed by atoms with E-state index in [4.69, 9.17) is 5.11 Å². The molecule has 0 amide bonds. The first-order valence-corrected chi connectivity index (χ1v) is 4.29. The summed E-state index contributed by atoms with van der Waals surface area (Å²) < 4.78 is 0. The van der Waals surface area contributed by atoms with Crippen molar-refractivity contribution in [3.63, 3.8) is 0 Å². The Bertz CT molecular complexity index is 134. The highest BCUT2D eigenvalue weighted by molar-refractivity contribution is 4.92. The summed E-state index contributed by atoms with van der Waals surface area (Å²) in [6.07, 6.45) is 6.40. The van der Waals surface area contributed by atoms with Crippen molar-refractivity contribution >= 4 is 0 Å². The van der Waals surface area contributed by atoms with Gasteiger partial charge in [0, 0.05) is 13.2 Å². The molecular weight excluding hydrogens is 138 g/mol. The monoisotopic (exact) mass is 155 g/mol. The summed E-state index contributed by atoms with van der Waals surface area (Å²) in [6, 6.07) is 0. The van der Waals surface area contributed by atoms with E-state index in [2.05, 4.69) is 24.1 Å². The van der Waals surface area contributed by atoms with Crippen molar-refractivity contribution in [1.29, 1.82) is 0 Å². The second-order valence-corrected chi connectivity index (χ2v) is 3.25. The molecule has 64 valence electrons. The molecule has 0 spiro atoms. The summed E-state index contributed by atoms with van der Waals surface area (Å²) in [4.78, 5) is 2.34. The van der Waals surface area contributed by atoms with Gasteiger partial charge in [0.2, 0.25) is 0 Å². The first-order valence-electron chi connectivity index (χ1n) is 4.29. The second-order valence-electron chi connectivity index (χ2n) is 3.25. The molecule has 0 aromatic carbocycles. The number of aliphatic hydroxyl groups excluding tert-OH is 1. The zero-order valence-corrected chi connectivity index (χ0v) is 7.16. The van der Waals surface area contributed by atoms with Gasteiger partial charge in [-0.2, -0.15) is 0 Å². The molecule has 1 atom stereocenters. The number of rotatable bonds is 3. The Balaban J connectivity index is 2.17. The smallest absolute Gasteiger partial charge is 0.0465 e. The van der Waals surface area contributed by atoms with Crippen LogP contribution in [0.2, 0.25) is 0 Å². The number of hydrogen-bond acceptors (Lipinski definition) is 2. The summed E-state index contributed by atoms with van der Waals surface area (Å²) in [7, 11) is 2.15. The van der Waals surface area contributed by atoms with Crippen molar-refractivity contribution in [3.05, 3.63) is 12.2 Å². The molecule has 0 saturated carbocycles. The van der Waals surface area contributed by atoms with Gasteiger partial charge >= 0.3 is 0 Å². The van der Waals surface area contributed by atoms with Crippen LogP contribution in [0.25, 0.3) is 0 Å². The zero-order valence-electron chi connectivity index (χ0n) is 7.16. The van der Waals surface area contributed by atoms with Crippen LogP contribution in [0.5, 0.6) is 0 Å². The van der Waals surface area contributed by atoms with Crippen LogP contribution < -0.4 is 0 Å². The third-order valence-electron chi connectivity index (χ3n) is 2.13. The van der Waals surface area contributed by atoms with Gasteiger partial charge in [0.05, 0.1) is 0 Å². The van der Waals surface area contributed by atoms with Gasteiger partial charge in [-0.1, -0.05) is 12.2 Å². The standard InChI is InChI=1S/C9H17NO/c1-10-6-5-9(8-10)4-2-3-7-11/h2,4,9,11H,3,5-8H2,1H3/b4-2-. The zero-order chi connectivity index (χ0) is 8.10. The SMILES string of the molecule is CN1CCC(/C=C\CCO)C1. The van der Waals surface area contributed by atoms with Crippen LogP contribution in [-0.4, -0.2) is 36.8 Å². The maximum atomic E-state index is 8.53. The van der Waals surface area contributed by atoms with Gasteiger partial charge in [-0.05, 0) is 32.4 Å². The molecule has 1 rings (SSSR count). The molecule has 1 aliphatic heterocycles. The van der Waals surface area contributed by atoms with E-state index in [-0.39, 0.29) is 6.61 Å². The molecule has 1 unspecified atom stereocenters. The summed E-state index contributed by atoms with van der Waals surface area (Å²) in [5.74, 6) is 0.728. The molecule has 11 heavy (non-hydrogen) atoms. The topological polar surface area (TPSA) is 23.5 Å². The van der Waals surface area contributed by atoms with Gasteiger partial charge in [0.15, 0.2) is 0 Å². The minimum atomic E-state index is 0.277. The van der Waals surface area contributed by atoms with E-state index in [0.717, 1.165) is 12.3 Å². The molecule has 2 nitrogen and oxygen atoms in total. The van der Waals surface area contributed by atoms with Crippen molar-refractivity contribution in [3.8, 4) is 0 Å². The summed E-state index contributed by atoms with van der Waals surface area (Å²) in [6.45, 7) is 2.68. The van der Waals surface area contributed by atoms with E-state index in [0.29, 0.717) is 0 Å². The first kappa shape index (κ1) is 8.75. The highest BCUT2D eigenvalue weighted by Crippen LogP contribution is 2.15. The quantitative estimate of drug-likeness (QED) is 0.611. The second kappa shape index (κ2) is 4.52. The average Bonchev–Trinajstić information content (AvgIpc) is 2.37. The van der Waals surface area contributed by atoms with E-state index in [1.54, 1.807) is 0 Å². The lowest BCUT2D eigenvalue weighted by Crippen LogP contribution is -2.13. The number of hydrogen-bond donors (Lipinski definition) is 1. The van der Waals surface area contributed by atoms with E-state index >= 15 is 0 Å². The molecule has 1 heterocycles. The highest BCUT2D eigenvalue weighted by atomic mass is 16.2. The average molecular weight is 155 g/mol. The van der Waals surface area contributed by atoms with Crippen LogP contribution in [0.15, 0.2) is 12.2 Å². The Morgan fingerprint density at radius 3 is 3.00 bits per heavy atom. The fourth-order valence-electron chi connectivity index (χ4n) is 1.49. The first-order chi connectivity index (χ1) is 5.33. The third-order valence-corrected chi connectivity index (χ3v) is 2.13. The summed E-state index contributed by atoms with van der Waals surface area (Å²) in [5.41, 5.74) is 0. The van der Waals surface area contributed by atoms with Crippen LogP contribution in [0.3, 0.4) is 0 Å². The van der Waals surface area contributed by atoms with E-state index < -0.39 is 0 Å². The lowest BCUT2D eigenvalue weighted by Gasteiger charge is -2.04. The minimum absolute atomic E-state index is 0.277. The van der Waals surface area contributed by atoms with Crippen LogP contribution in [0.4, 0.5) is 0 Å². The van der Waals surface area contributed by atoms with Crippen LogP contribution in [0.1, 0.15) is 12.8 Å². The van der Waals surface area contributed by atoms with Crippen molar-refractivity contribution in [2.75, 3.05) is 26.7 Å². The highest BCUT2D eigenvalue weighted by Gasteiger charge is 2.15. The molecule has 2 heteroatoms. The molecule has 0 bridgehead atoms. The number of aliphatic hydroxyl groups is 1. The molecule has 1 aliphatic rings. The Kier molecular flexibility index (Phi) is 3.60. The summed E-state index contributed by atoms with van der Waals surface area (Å²) >= 11 is 0.